The lowest BCUT2D eigenvalue weighted by Gasteiger charge is -2.25. The molecule has 0 aliphatic rings. The van der Waals surface area contributed by atoms with Crippen LogP contribution in [0.5, 0.6) is 5.75 Å². The van der Waals surface area contributed by atoms with Gasteiger partial charge in [0.15, 0.2) is 0 Å². The van der Waals surface area contributed by atoms with Crippen molar-refractivity contribution in [2.75, 3.05) is 13.7 Å². The maximum atomic E-state index is 10.2. The van der Waals surface area contributed by atoms with Crippen molar-refractivity contribution in [2.45, 2.75) is 38.8 Å². The van der Waals surface area contributed by atoms with Crippen LogP contribution in [0.4, 0.5) is 0 Å². The molecule has 108 valence electrons. The average Bonchev–Trinajstić information content (AvgIpc) is 2.38. The first-order valence-electron chi connectivity index (χ1n) is 6.40. The second kappa shape index (κ2) is 7.62. The minimum Gasteiger partial charge on any atom is -0.494 e. The molecule has 1 aromatic rings. The molecule has 0 fully saturated rings. The van der Waals surface area contributed by atoms with E-state index in [9.17, 15) is 5.11 Å². The topological polar surface area (TPSA) is 41.5 Å². The highest BCUT2D eigenvalue weighted by Gasteiger charge is 2.21. The summed E-state index contributed by atoms with van der Waals surface area (Å²) >= 11 is 6.97. The Kier molecular flexibility index (Phi) is 6.80. The zero-order valence-electron chi connectivity index (χ0n) is 11.6. The van der Waals surface area contributed by atoms with Crippen molar-refractivity contribution in [3.63, 3.8) is 0 Å². The quantitative estimate of drug-likeness (QED) is 0.737. The SMILES string of the molecule is CCC(O)(CC)CNCc1cc(Br)c(OC)c(Br)c1. The van der Waals surface area contributed by atoms with Gasteiger partial charge in [0.05, 0.1) is 21.7 Å². The third-order valence-corrected chi connectivity index (χ3v) is 4.54. The lowest BCUT2D eigenvalue weighted by atomic mass is 9.97. The zero-order chi connectivity index (χ0) is 14.5. The maximum absolute atomic E-state index is 10.2. The third kappa shape index (κ3) is 4.74. The van der Waals surface area contributed by atoms with E-state index in [2.05, 4.69) is 37.2 Å². The molecule has 0 saturated heterocycles. The first-order valence-corrected chi connectivity index (χ1v) is 7.99. The van der Waals surface area contributed by atoms with Gasteiger partial charge in [-0.2, -0.15) is 0 Å². The smallest absolute Gasteiger partial charge is 0.147 e. The fourth-order valence-electron chi connectivity index (χ4n) is 1.85. The molecule has 19 heavy (non-hydrogen) atoms. The average molecular weight is 395 g/mol. The molecular formula is C14H21Br2NO2. The molecule has 1 rings (SSSR count). The van der Waals surface area contributed by atoms with E-state index in [1.807, 2.05) is 26.0 Å². The van der Waals surface area contributed by atoms with E-state index in [4.69, 9.17) is 4.74 Å². The van der Waals surface area contributed by atoms with Gasteiger partial charge in [0.2, 0.25) is 0 Å². The van der Waals surface area contributed by atoms with E-state index in [0.717, 1.165) is 33.1 Å². The molecule has 0 aliphatic heterocycles. The lowest BCUT2D eigenvalue weighted by molar-refractivity contribution is 0.0323. The van der Waals surface area contributed by atoms with Crippen LogP contribution in [0.1, 0.15) is 32.3 Å². The third-order valence-electron chi connectivity index (χ3n) is 3.36. The number of hydrogen-bond acceptors (Lipinski definition) is 3. The van der Waals surface area contributed by atoms with Crippen LogP contribution in [-0.4, -0.2) is 24.4 Å². The summed E-state index contributed by atoms with van der Waals surface area (Å²) in [6.07, 6.45) is 1.51. The van der Waals surface area contributed by atoms with E-state index in [0.29, 0.717) is 13.1 Å². The van der Waals surface area contributed by atoms with Gasteiger partial charge in [-0.25, -0.2) is 0 Å². The summed E-state index contributed by atoms with van der Waals surface area (Å²) in [5.74, 6) is 0.794. The van der Waals surface area contributed by atoms with E-state index in [-0.39, 0.29) is 0 Å². The molecule has 0 radical (unpaired) electrons. The van der Waals surface area contributed by atoms with Gasteiger partial charge in [-0.05, 0) is 62.4 Å². The van der Waals surface area contributed by atoms with E-state index in [1.54, 1.807) is 7.11 Å². The molecule has 3 nitrogen and oxygen atoms in total. The largest absolute Gasteiger partial charge is 0.494 e. The van der Waals surface area contributed by atoms with Gasteiger partial charge in [0.25, 0.3) is 0 Å². The maximum Gasteiger partial charge on any atom is 0.147 e. The second-order valence-corrected chi connectivity index (χ2v) is 6.34. The van der Waals surface area contributed by atoms with Crippen LogP contribution < -0.4 is 10.1 Å². The molecule has 0 aliphatic carbocycles. The highest BCUT2D eigenvalue weighted by molar-refractivity contribution is 9.11. The van der Waals surface area contributed by atoms with Crippen molar-refractivity contribution < 1.29 is 9.84 Å². The number of halogens is 2. The first-order chi connectivity index (χ1) is 8.95. The van der Waals surface area contributed by atoms with Crippen molar-refractivity contribution in [1.29, 1.82) is 0 Å². The van der Waals surface area contributed by atoms with Crippen LogP contribution in [0.3, 0.4) is 0 Å². The predicted octanol–water partition coefficient (Wildman–Crippen LogP) is 3.86. The van der Waals surface area contributed by atoms with E-state index < -0.39 is 5.60 Å². The van der Waals surface area contributed by atoms with Gasteiger partial charge >= 0.3 is 0 Å². The number of benzene rings is 1. The highest BCUT2D eigenvalue weighted by Crippen LogP contribution is 2.34. The van der Waals surface area contributed by atoms with Crippen molar-refractivity contribution in [2.24, 2.45) is 0 Å². The van der Waals surface area contributed by atoms with E-state index >= 15 is 0 Å². The Labute approximate surface area is 132 Å². The van der Waals surface area contributed by atoms with Gasteiger partial charge in [0, 0.05) is 13.1 Å². The summed E-state index contributed by atoms with van der Waals surface area (Å²) < 4.78 is 7.11. The van der Waals surface area contributed by atoms with Crippen molar-refractivity contribution in [1.82, 2.24) is 5.32 Å². The minimum atomic E-state index is -0.610. The van der Waals surface area contributed by atoms with Crippen molar-refractivity contribution in [3.8, 4) is 5.75 Å². The zero-order valence-corrected chi connectivity index (χ0v) is 14.8. The van der Waals surface area contributed by atoms with Crippen LogP contribution in [0, 0.1) is 0 Å². The molecule has 0 bridgehead atoms. The molecule has 5 heteroatoms. The molecule has 0 atom stereocenters. The van der Waals surface area contributed by atoms with Gasteiger partial charge in [-0.15, -0.1) is 0 Å². The molecule has 0 saturated carbocycles. The Morgan fingerprint density at radius 3 is 2.16 bits per heavy atom. The first kappa shape index (κ1) is 17.0. The van der Waals surface area contributed by atoms with Gasteiger partial charge in [0.1, 0.15) is 5.75 Å². The second-order valence-electron chi connectivity index (χ2n) is 4.63. The molecule has 0 aromatic heterocycles. The number of rotatable bonds is 7. The summed E-state index contributed by atoms with van der Waals surface area (Å²) in [7, 11) is 1.64. The molecule has 0 heterocycles. The normalized spacial score (nSPS) is 11.7. The van der Waals surface area contributed by atoms with Crippen molar-refractivity contribution >= 4 is 31.9 Å². The standard InChI is InChI=1S/C14H21Br2NO2/c1-4-14(18,5-2)9-17-8-10-6-11(15)13(19-3)12(16)7-10/h6-7,17-18H,4-5,8-9H2,1-3H3. The van der Waals surface area contributed by atoms with Crippen LogP contribution in [0.15, 0.2) is 21.1 Å². The Balaban J connectivity index is 2.64. The summed E-state index contributed by atoms with van der Waals surface area (Å²) in [5, 5.41) is 13.5. The molecule has 0 unspecified atom stereocenters. The molecule has 0 spiro atoms. The van der Waals surface area contributed by atoms with Crippen molar-refractivity contribution in [3.05, 3.63) is 26.6 Å². The number of ether oxygens (including phenoxy) is 1. The predicted molar refractivity (Wildman–Crippen MR) is 85.6 cm³/mol. The lowest BCUT2D eigenvalue weighted by Crippen LogP contribution is -2.39. The number of hydrogen-bond donors (Lipinski definition) is 2. The number of nitrogens with one attached hydrogen (secondary N) is 1. The van der Waals surface area contributed by atoms with Crippen LogP contribution >= 0.6 is 31.9 Å². The summed E-state index contributed by atoms with van der Waals surface area (Å²) in [5.41, 5.74) is 0.523. The Hall–Kier alpha value is -0.100. The van der Waals surface area contributed by atoms with E-state index in [1.165, 1.54) is 0 Å². The highest BCUT2D eigenvalue weighted by atomic mass is 79.9. The molecule has 1 aromatic carbocycles. The summed E-state index contributed by atoms with van der Waals surface area (Å²) in [4.78, 5) is 0. The fraction of sp³-hybridized carbons (Fsp3) is 0.571. The van der Waals surface area contributed by atoms with Crippen LogP contribution in [0.25, 0.3) is 0 Å². The van der Waals surface area contributed by atoms with Crippen LogP contribution in [0.2, 0.25) is 0 Å². The molecule has 2 N–H and O–H groups in total. The summed E-state index contributed by atoms with van der Waals surface area (Å²) in [6.45, 7) is 5.32. The molecular weight excluding hydrogens is 374 g/mol. The minimum absolute atomic E-state index is 0.598. The van der Waals surface area contributed by atoms with Gasteiger partial charge < -0.3 is 15.2 Å². The Morgan fingerprint density at radius 1 is 1.21 bits per heavy atom. The number of aliphatic hydroxyl groups is 1. The van der Waals surface area contributed by atoms with Gasteiger partial charge in [-0.3, -0.25) is 0 Å². The molecule has 0 amide bonds. The monoisotopic (exact) mass is 393 g/mol. The Bertz CT molecular complexity index is 397. The number of methoxy groups -OCH3 is 1. The summed E-state index contributed by atoms with van der Waals surface area (Å²) in [6, 6.07) is 4.04. The fourth-order valence-corrected chi connectivity index (χ4v) is 3.45. The van der Waals surface area contributed by atoms with Crippen LogP contribution in [-0.2, 0) is 6.54 Å². The Morgan fingerprint density at radius 2 is 1.74 bits per heavy atom. The van der Waals surface area contributed by atoms with Gasteiger partial charge in [-0.1, -0.05) is 13.8 Å².